The zero-order valence-electron chi connectivity index (χ0n) is 18.9. The molecule has 3 N–H and O–H groups in total. The van der Waals surface area contributed by atoms with Gasteiger partial charge in [0.15, 0.2) is 0 Å². The van der Waals surface area contributed by atoms with E-state index in [0.717, 1.165) is 6.08 Å². The average molecular weight is 445 g/mol. The first-order valence-electron chi connectivity index (χ1n) is 9.45. The third-order valence-electron chi connectivity index (χ3n) is 2.88. The van der Waals surface area contributed by atoms with Gasteiger partial charge in [0.25, 0.3) is 0 Å². The van der Waals surface area contributed by atoms with Crippen LogP contribution in [-0.4, -0.2) is 42.5 Å². The van der Waals surface area contributed by atoms with Crippen molar-refractivity contribution < 1.29 is 51.1 Å². The van der Waals surface area contributed by atoms with Gasteiger partial charge in [0.2, 0.25) is 11.8 Å². The lowest BCUT2D eigenvalue weighted by atomic mass is 10.0. The average Bonchev–Trinajstić information content (AvgIpc) is 2.70. The number of allylic oxidation sites excluding steroid dienone is 2. The zero-order valence-corrected chi connectivity index (χ0v) is 16.9. The number of esters is 1. The second-order valence-corrected chi connectivity index (χ2v) is 5.25. The Morgan fingerprint density at radius 2 is 1.77 bits per heavy atom. The summed E-state index contributed by atoms with van der Waals surface area (Å²) in [5.74, 6) is -1.63. The molecule has 0 atom stereocenters. The third kappa shape index (κ3) is 19.5. The molecule has 0 unspecified atom stereocenters. The van der Waals surface area contributed by atoms with Gasteiger partial charge in [-0.1, -0.05) is 13.5 Å². The first kappa shape index (κ1) is 28.9. The van der Waals surface area contributed by atoms with Crippen molar-refractivity contribution in [1.29, 1.82) is 0 Å². The Kier molecular flexibility index (Phi) is 17.2. The van der Waals surface area contributed by atoms with Gasteiger partial charge in [0, 0.05) is 10.8 Å². The summed E-state index contributed by atoms with van der Waals surface area (Å²) >= 11 is 0. The number of halogens is 3. The molecular weight excluding hydrogens is 413 g/mol. The predicted octanol–water partition coefficient (Wildman–Crippen LogP) is 2.22. The number of Topliss-reactive ketones (excluding diaryl/α,β-unsaturated/α-hetero) is 1. The Labute approximate surface area is 176 Å². The summed E-state index contributed by atoms with van der Waals surface area (Å²) in [7, 11) is 0. The van der Waals surface area contributed by atoms with Crippen LogP contribution in [0.2, 0.25) is 0 Å². The Balaban J connectivity index is -0.000000114. The molecule has 0 radical (unpaired) electrons. The number of amides is 2. The number of nitrogens with two attached hydrogens (primary N) is 1. The minimum atomic E-state index is -4.43. The van der Waals surface area contributed by atoms with Crippen molar-refractivity contribution in [2.45, 2.75) is 52.6 Å². The zero-order chi connectivity index (χ0) is 26.3. The van der Waals surface area contributed by atoms with E-state index in [2.05, 4.69) is 17.0 Å². The van der Waals surface area contributed by atoms with Crippen molar-refractivity contribution in [3.05, 3.63) is 23.9 Å². The lowest BCUT2D eigenvalue weighted by Crippen LogP contribution is -2.35. The Hall–Kier alpha value is -3.27. The molecule has 0 fully saturated rings. The van der Waals surface area contributed by atoms with Gasteiger partial charge < -0.3 is 15.8 Å². The SMILES string of the molecule is C=CC(N)=O.CCC1=C(C(F)(F)F)NC(=O)CC1.CCOC(=O)CC(C)=O.O=C=O.[2HH].[2H][2H]. The van der Waals surface area contributed by atoms with E-state index in [4.69, 9.17) is 12.6 Å². The van der Waals surface area contributed by atoms with Crippen molar-refractivity contribution >= 4 is 29.7 Å². The number of primary amides is 1. The monoisotopic (exact) mass is 445 g/mol. The molecule has 9 nitrogen and oxygen atoms in total. The number of nitrogens with one attached hydrogen (secondary N) is 1. The van der Waals surface area contributed by atoms with Gasteiger partial charge in [-0.15, -0.1) is 0 Å². The second-order valence-electron chi connectivity index (χ2n) is 5.25. The molecular formula is C18H29F3N2O7. The number of alkyl halides is 3. The molecule has 0 aromatic carbocycles. The Bertz CT molecular complexity index is 680. The van der Waals surface area contributed by atoms with Crippen LogP contribution in [0.15, 0.2) is 23.9 Å². The van der Waals surface area contributed by atoms with E-state index in [9.17, 15) is 32.3 Å². The molecule has 0 aromatic heterocycles. The van der Waals surface area contributed by atoms with E-state index in [-0.39, 0.29) is 38.2 Å². The van der Waals surface area contributed by atoms with Gasteiger partial charge in [-0.25, -0.2) is 0 Å². The molecule has 1 rings (SSSR count). The van der Waals surface area contributed by atoms with Gasteiger partial charge in [-0.2, -0.15) is 22.8 Å². The summed E-state index contributed by atoms with van der Waals surface area (Å²) in [6, 6.07) is 0. The summed E-state index contributed by atoms with van der Waals surface area (Å²) in [5, 5.41) is 1.87. The van der Waals surface area contributed by atoms with Crippen molar-refractivity contribution in [2.24, 2.45) is 5.73 Å². The lowest BCUT2D eigenvalue weighted by Gasteiger charge is -2.22. The van der Waals surface area contributed by atoms with Gasteiger partial charge >= 0.3 is 18.3 Å². The minimum Gasteiger partial charge on any atom is -0.466 e. The minimum absolute atomic E-state index is 0. The fourth-order valence-corrected chi connectivity index (χ4v) is 1.72. The van der Waals surface area contributed by atoms with Crippen molar-refractivity contribution in [1.82, 2.24) is 5.32 Å². The molecule has 30 heavy (non-hydrogen) atoms. The predicted molar refractivity (Wildman–Crippen MR) is 101 cm³/mol. The van der Waals surface area contributed by atoms with Gasteiger partial charge in [-0.3, -0.25) is 19.2 Å². The highest BCUT2D eigenvalue weighted by molar-refractivity contribution is 5.94. The molecule has 0 saturated heterocycles. The summed E-state index contributed by atoms with van der Waals surface area (Å²) in [6.07, 6.45) is -2.52. The van der Waals surface area contributed by atoms with Crippen molar-refractivity contribution in [3.63, 3.8) is 0 Å². The molecule has 12 heteroatoms. The third-order valence-corrected chi connectivity index (χ3v) is 2.88. The number of hydrogen-bond donors (Lipinski definition) is 2. The largest absolute Gasteiger partial charge is 0.466 e. The Morgan fingerprint density at radius 3 is 2.07 bits per heavy atom. The van der Waals surface area contributed by atoms with Crippen LogP contribution in [0.4, 0.5) is 13.2 Å². The lowest BCUT2D eigenvalue weighted by molar-refractivity contribution is -0.191. The van der Waals surface area contributed by atoms with E-state index < -0.39 is 29.7 Å². The standard InChI is InChI=1S/C8H10F3NO.C6H10O3.C3H5NO.CO2.2H2/c1-2-5-3-4-6(13)12-7(5)8(9,10)11;1-3-9-6(8)4-5(2)7;1-2-3(4)5;2-1-3;;/h2-4H2,1H3,(H,12,13);3-4H2,1-2H3;2H,1H2,(H2,4,5);;2*1H/i;;;;1+1D;1+1. The first-order valence-corrected chi connectivity index (χ1v) is 8.45. The summed E-state index contributed by atoms with van der Waals surface area (Å²) in [5.41, 5.74) is 3.96. The summed E-state index contributed by atoms with van der Waals surface area (Å²) in [4.78, 5) is 57.1. The number of rotatable bonds is 5. The van der Waals surface area contributed by atoms with Crippen LogP contribution in [0.25, 0.3) is 0 Å². The van der Waals surface area contributed by atoms with E-state index in [1.54, 1.807) is 13.8 Å². The van der Waals surface area contributed by atoms with E-state index >= 15 is 0 Å². The van der Waals surface area contributed by atoms with Crippen LogP contribution in [0.3, 0.4) is 0 Å². The summed E-state index contributed by atoms with van der Waals surface area (Å²) in [6.45, 7) is 8.14. The van der Waals surface area contributed by atoms with Crippen LogP contribution >= 0.6 is 0 Å². The van der Waals surface area contributed by atoms with E-state index in [0.29, 0.717) is 13.0 Å². The first-order chi connectivity index (χ1) is 14.8. The molecule has 1 aliphatic rings. The maximum absolute atomic E-state index is 12.3. The molecule has 0 spiro atoms. The fourth-order valence-electron chi connectivity index (χ4n) is 1.72. The second kappa shape index (κ2) is 17.8. The molecule has 174 valence electrons. The quantitative estimate of drug-likeness (QED) is 0.374. The molecule has 0 aliphatic carbocycles. The molecule has 0 bridgehead atoms. The number of hydrogen-bond acceptors (Lipinski definition) is 7. The van der Waals surface area contributed by atoms with Crippen LogP contribution < -0.4 is 11.1 Å². The maximum Gasteiger partial charge on any atom is 0.431 e. The van der Waals surface area contributed by atoms with E-state index in [1.165, 1.54) is 6.92 Å². The molecule has 0 aromatic rings. The van der Waals surface area contributed by atoms with Gasteiger partial charge in [0.05, 0.1) is 6.61 Å². The molecule has 1 aliphatic heterocycles. The van der Waals surface area contributed by atoms with Crippen molar-refractivity contribution in [3.8, 4) is 0 Å². The molecule has 2 amide bonds. The molecule has 1 heterocycles. The summed E-state index contributed by atoms with van der Waals surface area (Å²) < 4.78 is 51.3. The number of carbonyl (C=O) groups excluding carboxylic acids is 6. The Morgan fingerprint density at radius 1 is 1.30 bits per heavy atom. The highest BCUT2D eigenvalue weighted by atomic mass is 19.4. The van der Waals surface area contributed by atoms with Gasteiger partial charge in [-0.05, 0) is 38.3 Å². The molecule has 0 saturated carbocycles. The smallest absolute Gasteiger partial charge is 0.431 e. The van der Waals surface area contributed by atoms with Crippen LogP contribution in [-0.2, 0) is 33.5 Å². The van der Waals surface area contributed by atoms with Crippen LogP contribution in [0, 0.1) is 0 Å². The van der Waals surface area contributed by atoms with Crippen molar-refractivity contribution in [2.75, 3.05) is 6.61 Å². The topological polar surface area (TPSA) is 150 Å². The number of ether oxygens (including phenoxy) is 1. The van der Waals surface area contributed by atoms with Crippen LogP contribution in [0.1, 0.15) is 50.9 Å². The highest BCUT2D eigenvalue weighted by Crippen LogP contribution is 2.31. The number of carbonyl (C=O) groups is 4. The van der Waals surface area contributed by atoms with Gasteiger partial charge in [0.1, 0.15) is 17.9 Å². The fraction of sp³-hybridized carbons (Fsp3) is 0.500. The highest BCUT2D eigenvalue weighted by Gasteiger charge is 2.38. The normalized spacial score (nSPS) is 12.4. The van der Waals surface area contributed by atoms with E-state index in [1.807, 2.05) is 5.32 Å². The number of ketones is 1. The maximum atomic E-state index is 12.3. The van der Waals surface area contributed by atoms with Crippen LogP contribution in [0.5, 0.6) is 0 Å².